The molecule has 0 spiro atoms. The maximum Gasteiger partial charge on any atom is 0.141 e. The van der Waals surface area contributed by atoms with Gasteiger partial charge in [0.25, 0.3) is 0 Å². The lowest BCUT2D eigenvalue weighted by molar-refractivity contribution is 0.567. The molecule has 0 saturated heterocycles. The number of pyridine rings is 1. The van der Waals surface area contributed by atoms with E-state index in [0.717, 1.165) is 5.69 Å². The van der Waals surface area contributed by atoms with Crippen LogP contribution in [0.4, 0.5) is 0 Å². The molecule has 0 aliphatic carbocycles. The van der Waals surface area contributed by atoms with Crippen LogP contribution in [0.15, 0.2) is 24.4 Å². The molecule has 3 heteroatoms. The average molecular weight is 173 g/mol. The van der Waals surface area contributed by atoms with Crippen molar-refractivity contribution < 1.29 is 0 Å². The number of nitriles is 1. The summed E-state index contributed by atoms with van der Waals surface area (Å²) in [5, 5.41) is 8.59. The van der Waals surface area contributed by atoms with Crippen LogP contribution in [-0.4, -0.2) is 24.0 Å². The lowest BCUT2D eigenvalue weighted by Gasteiger charge is -2.02. The van der Waals surface area contributed by atoms with Crippen molar-refractivity contribution in [2.24, 2.45) is 0 Å². The van der Waals surface area contributed by atoms with E-state index in [1.165, 1.54) is 0 Å². The molecule has 0 radical (unpaired) electrons. The molecule has 0 N–H and O–H groups in total. The predicted molar refractivity (Wildman–Crippen MR) is 51.7 cm³/mol. The minimum atomic E-state index is 0.445. The van der Waals surface area contributed by atoms with E-state index in [-0.39, 0.29) is 0 Å². The van der Waals surface area contributed by atoms with Crippen molar-refractivity contribution in [1.29, 1.82) is 5.26 Å². The van der Waals surface area contributed by atoms with Gasteiger partial charge in [-0.05, 0) is 18.2 Å². The summed E-state index contributed by atoms with van der Waals surface area (Å²) in [5.74, 6) is 0. The Balaban J connectivity index is 2.85. The molecule has 0 atom stereocenters. The summed E-state index contributed by atoms with van der Waals surface area (Å²) in [5.41, 5.74) is 1.24. The van der Waals surface area contributed by atoms with Crippen molar-refractivity contribution >= 4 is 6.08 Å². The second-order valence-corrected chi connectivity index (χ2v) is 2.84. The van der Waals surface area contributed by atoms with Gasteiger partial charge in [0.15, 0.2) is 0 Å². The Hall–Kier alpha value is -1.82. The molecule has 0 aromatic carbocycles. The van der Waals surface area contributed by atoms with Gasteiger partial charge in [-0.25, -0.2) is 4.98 Å². The van der Waals surface area contributed by atoms with E-state index in [2.05, 4.69) is 4.98 Å². The Kier molecular flexibility index (Phi) is 3.04. The summed E-state index contributed by atoms with van der Waals surface area (Å²) in [6.45, 7) is 0. The second kappa shape index (κ2) is 4.27. The average Bonchev–Trinajstić information content (AvgIpc) is 2.15. The maximum absolute atomic E-state index is 8.59. The third-order valence-electron chi connectivity index (χ3n) is 1.43. The Morgan fingerprint density at radius 2 is 2.23 bits per heavy atom. The summed E-state index contributed by atoms with van der Waals surface area (Å²) < 4.78 is 0. The first-order valence-corrected chi connectivity index (χ1v) is 3.94. The van der Waals surface area contributed by atoms with E-state index in [1.807, 2.05) is 49.5 Å². The first-order valence-electron chi connectivity index (χ1n) is 3.94. The van der Waals surface area contributed by atoms with Crippen LogP contribution in [0.3, 0.4) is 0 Å². The Morgan fingerprint density at radius 3 is 2.85 bits per heavy atom. The van der Waals surface area contributed by atoms with Crippen LogP contribution in [0.2, 0.25) is 0 Å². The van der Waals surface area contributed by atoms with Crippen molar-refractivity contribution in [2.75, 3.05) is 14.1 Å². The SMILES string of the molecule is CN(C)C=Cc1cccc(C#N)n1. The Labute approximate surface area is 77.9 Å². The molecule has 66 valence electrons. The van der Waals surface area contributed by atoms with Crippen LogP contribution >= 0.6 is 0 Å². The molecular formula is C10H11N3. The zero-order valence-corrected chi connectivity index (χ0v) is 7.73. The zero-order valence-electron chi connectivity index (χ0n) is 7.73. The maximum atomic E-state index is 8.59. The van der Waals surface area contributed by atoms with E-state index < -0.39 is 0 Å². The lowest BCUT2D eigenvalue weighted by Crippen LogP contribution is -1.99. The van der Waals surface area contributed by atoms with Gasteiger partial charge in [0.2, 0.25) is 0 Å². The van der Waals surface area contributed by atoms with Crippen molar-refractivity contribution in [3.63, 3.8) is 0 Å². The summed E-state index contributed by atoms with van der Waals surface area (Å²) in [7, 11) is 3.87. The monoisotopic (exact) mass is 173 g/mol. The van der Waals surface area contributed by atoms with Gasteiger partial charge < -0.3 is 4.90 Å². The molecule has 0 aliphatic heterocycles. The molecule has 0 fully saturated rings. The highest BCUT2D eigenvalue weighted by Gasteiger charge is 1.91. The number of aromatic nitrogens is 1. The van der Waals surface area contributed by atoms with Crippen molar-refractivity contribution in [1.82, 2.24) is 9.88 Å². The highest BCUT2D eigenvalue weighted by atomic mass is 15.0. The van der Waals surface area contributed by atoms with Crippen LogP contribution in [0.1, 0.15) is 11.4 Å². The molecule has 3 nitrogen and oxygen atoms in total. The summed E-state index contributed by atoms with van der Waals surface area (Å²) in [6.07, 6.45) is 3.75. The summed E-state index contributed by atoms with van der Waals surface area (Å²) >= 11 is 0. The number of hydrogen-bond donors (Lipinski definition) is 0. The van der Waals surface area contributed by atoms with E-state index in [4.69, 9.17) is 5.26 Å². The van der Waals surface area contributed by atoms with Gasteiger partial charge in [-0.15, -0.1) is 0 Å². The van der Waals surface area contributed by atoms with Crippen molar-refractivity contribution in [3.8, 4) is 6.07 Å². The fourth-order valence-corrected chi connectivity index (χ4v) is 0.832. The molecule has 0 aliphatic rings. The molecule has 1 heterocycles. The van der Waals surface area contributed by atoms with E-state index >= 15 is 0 Å². The van der Waals surface area contributed by atoms with E-state index in [0.29, 0.717) is 5.69 Å². The predicted octanol–water partition coefficient (Wildman–Crippen LogP) is 1.49. The highest BCUT2D eigenvalue weighted by Crippen LogP contribution is 2.00. The quantitative estimate of drug-likeness (QED) is 0.680. The number of nitrogens with zero attached hydrogens (tertiary/aromatic N) is 3. The molecule has 13 heavy (non-hydrogen) atoms. The minimum absolute atomic E-state index is 0.445. The fraction of sp³-hybridized carbons (Fsp3) is 0.200. The number of rotatable bonds is 2. The third-order valence-corrected chi connectivity index (χ3v) is 1.43. The van der Waals surface area contributed by atoms with Gasteiger partial charge in [0.05, 0.1) is 5.69 Å². The smallest absolute Gasteiger partial charge is 0.141 e. The van der Waals surface area contributed by atoms with Crippen molar-refractivity contribution in [2.45, 2.75) is 0 Å². The minimum Gasteiger partial charge on any atom is -0.383 e. The largest absolute Gasteiger partial charge is 0.383 e. The first-order chi connectivity index (χ1) is 6.22. The van der Waals surface area contributed by atoms with Crippen LogP contribution in [-0.2, 0) is 0 Å². The van der Waals surface area contributed by atoms with Gasteiger partial charge in [-0.1, -0.05) is 6.07 Å². The van der Waals surface area contributed by atoms with Gasteiger partial charge in [0.1, 0.15) is 11.8 Å². The van der Waals surface area contributed by atoms with Gasteiger partial charge in [-0.3, -0.25) is 0 Å². The Morgan fingerprint density at radius 1 is 1.46 bits per heavy atom. The summed E-state index contributed by atoms with van der Waals surface area (Å²) in [6, 6.07) is 7.37. The highest BCUT2D eigenvalue weighted by molar-refractivity contribution is 5.45. The lowest BCUT2D eigenvalue weighted by atomic mass is 10.3. The van der Waals surface area contributed by atoms with Crippen LogP contribution in [0, 0.1) is 11.3 Å². The fourth-order valence-electron chi connectivity index (χ4n) is 0.832. The third kappa shape index (κ3) is 2.96. The second-order valence-electron chi connectivity index (χ2n) is 2.84. The standard InChI is InChI=1S/C10H11N3/c1-13(2)7-6-9-4-3-5-10(8-11)12-9/h3-7H,1-2H3. The van der Waals surface area contributed by atoms with E-state index in [1.54, 1.807) is 6.07 Å². The normalized spacial score (nSPS) is 9.92. The first kappa shape index (κ1) is 9.27. The molecular weight excluding hydrogens is 162 g/mol. The van der Waals surface area contributed by atoms with E-state index in [9.17, 15) is 0 Å². The molecule has 0 unspecified atom stereocenters. The summed E-state index contributed by atoms with van der Waals surface area (Å²) in [4.78, 5) is 6.01. The van der Waals surface area contributed by atoms with Crippen LogP contribution < -0.4 is 0 Å². The molecule has 0 saturated carbocycles. The van der Waals surface area contributed by atoms with Gasteiger partial charge >= 0.3 is 0 Å². The molecule has 1 rings (SSSR count). The molecule has 0 amide bonds. The van der Waals surface area contributed by atoms with Gasteiger partial charge in [-0.2, -0.15) is 5.26 Å². The molecule has 0 bridgehead atoms. The number of hydrogen-bond acceptors (Lipinski definition) is 3. The van der Waals surface area contributed by atoms with Crippen LogP contribution in [0.25, 0.3) is 6.08 Å². The topological polar surface area (TPSA) is 39.9 Å². The molecule has 1 aromatic rings. The van der Waals surface area contributed by atoms with Gasteiger partial charge in [0, 0.05) is 20.3 Å². The molecule has 1 aromatic heterocycles. The van der Waals surface area contributed by atoms with Crippen LogP contribution in [0.5, 0.6) is 0 Å². The van der Waals surface area contributed by atoms with Crippen molar-refractivity contribution in [3.05, 3.63) is 35.8 Å². The Bertz CT molecular complexity index is 347. The zero-order chi connectivity index (χ0) is 9.68.